The highest BCUT2D eigenvalue weighted by atomic mass is 19.4. The second-order valence-corrected chi connectivity index (χ2v) is 7.76. The Labute approximate surface area is 185 Å². The van der Waals surface area contributed by atoms with Crippen molar-refractivity contribution in [3.05, 3.63) is 83.4 Å². The Balaban J connectivity index is 1.82. The summed E-state index contributed by atoms with van der Waals surface area (Å²) >= 11 is 0. The molecule has 2 heterocycles. The van der Waals surface area contributed by atoms with Gasteiger partial charge in [-0.3, -0.25) is 4.79 Å². The monoisotopic (exact) mass is 462 g/mol. The largest absolute Gasteiger partial charge is 0.459 e. The van der Waals surface area contributed by atoms with Gasteiger partial charge in [-0.2, -0.15) is 13.2 Å². The third-order valence-corrected chi connectivity index (χ3v) is 5.49. The van der Waals surface area contributed by atoms with Gasteiger partial charge in [0.25, 0.3) is 0 Å². The summed E-state index contributed by atoms with van der Waals surface area (Å²) in [4.78, 5) is 24.9. The zero-order valence-electron chi connectivity index (χ0n) is 17.1. The van der Waals surface area contributed by atoms with Gasteiger partial charge >= 0.3 is 12.2 Å². The van der Waals surface area contributed by atoms with Crippen LogP contribution in [0.4, 0.5) is 22.4 Å². The summed E-state index contributed by atoms with van der Waals surface area (Å²) in [5.74, 6) is -4.95. The van der Waals surface area contributed by atoms with Gasteiger partial charge in [-0.25, -0.2) is 9.18 Å². The van der Waals surface area contributed by atoms with Gasteiger partial charge in [0.2, 0.25) is 5.78 Å². The van der Waals surface area contributed by atoms with Crippen LogP contribution in [0.25, 0.3) is 11.3 Å². The molecule has 3 aromatic rings. The molecule has 1 aromatic heterocycles. The van der Waals surface area contributed by atoms with Gasteiger partial charge in [0.15, 0.2) is 5.72 Å². The number of alkyl halides is 3. The van der Waals surface area contributed by atoms with Gasteiger partial charge < -0.3 is 20.2 Å². The van der Waals surface area contributed by atoms with E-state index in [0.29, 0.717) is 5.56 Å². The number of carbonyl (C=O) groups is 2. The average molecular weight is 462 g/mol. The summed E-state index contributed by atoms with van der Waals surface area (Å²) in [6.07, 6.45) is -5.31. The van der Waals surface area contributed by atoms with Crippen LogP contribution in [0.2, 0.25) is 0 Å². The second-order valence-electron chi connectivity index (χ2n) is 7.76. The van der Waals surface area contributed by atoms with E-state index in [1.807, 2.05) is 0 Å². The first kappa shape index (κ1) is 22.5. The molecular formula is C23H18F4N2O4. The van der Waals surface area contributed by atoms with Crippen LogP contribution in [0.1, 0.15) is 22.9 Å². The molecule has 1 fully saturated rings. The van der Waals surface area contributed by atoms with Crippen LogP contribution in [0.5, 0.6) is 0 Å². The minimum absolute atomic E-state index is 0.0964. The zero-order chi connectivity index (χ0) is 24.0. The molecule has 172 valence electrons. The number of Topliss-reactive ketones (excluding diaryl/α,β-unsaturated/α-hetero) is 1. The number of carbonyl (C=O) groups excluding carboxylic acids is 2. The molecule has 4 rings (SSSR count). The van der Waals surface area contributed by atoms with Crippen molar-refractivity contribution < 1.29 is 36.7 Å². The number of benzene rings is 2. The molecule has 6 nitrogen and oxygen atoms in total. The van der Waals surface area contributed by atoms with E-state index in [2.05, 4.69) is 10.6 Å². The van der Waals surface area contributed by atoms with E-state index in [9.17, 15) is 32.3 Å². The molecule has 0 aliphatic carbocycles. The number of aliphatic hydroxyl groups is 1. The Bertz CT molecular complexity index is 1190. The fourth-order valence-corrected chi connectivity index (χ4v) is 3.85. The number of amides is 2. The van der Waals surface area contributed by atoms with Gasteiger partial charge in [0.1, 0.15) is 29.3 Å². The standard InChI is InChI=1S/C23H18F4N2O4/c1-12-2-6-14(7-3-12)22(32)18(20(30)23(25,26)27)19(28-21(31)29-22)17-11-10-16(33-17)13-4-8-15(24)9-5-13/h2-11,18-19,32H,1H3,(H2,28,29,31)/t18-,19+,22-/m1/s1. The first-order valence-electron chi connectivity index (χ1n) is 9.84. The van der Waals surface area contributed by atoms with Crippen LogP contribution in [-0.4, -0.2) is 23.1 Å². The Hall–Kier alpha value is -3.66. The molecule has 2 aromatic carbocycles. The third kappa shape index (κ3) is 4.21. The predicted molar refractivity (Wildman–Crippen MR) is 108 cm³/mol. The number of ketones is 1. The van der Waals surface area contributed by atoms with E-state index in [0.717, 1.165) is 5.56 Å². The summed E-state index contributed by atoms with van der Waals surface area (Å²) in [5, 5.41) is 15.6. The predicted octanol–water partition coefficient (Wildman–Crippen LogP) is 4.34. The lowest BCUT2D eigenvalue weighted by Crippen LogP contribution is -2.66. The van der Waals surface area contributed by atoms with Gasteiger partial charge in [-0.05, 0) is 43.3 Å². The van der Waals surface area contributed by atoms with Gasteiger partial charge in [-0.1, -0.05) is 29.8 Å². The average Bonchev–Trinajstić information content (AvgIpc) is 3.23. The van der Waals surface area contributed by atoms with Crippen molar-refractivity contribution >= 4 is 11.8 Å². The normalized spacial score (nSPS) is 23.0. The number of aryl methyl sites for hydroxylation is 1. The van der Waals surface area contributed by atoms with Crippen molar-refractivity contribution in [3.8, 4) is 11.3 Å². The minimum Gasteiger partial charge on any atom is -0.459 e. The van der Waals surface area contributed by atoms with E-state index in [1.54, 1.807) is 6.92 Å². The van der Waals surface area contributed by atoms with E-state index >= 15 is 0 Å². The zero-order valence-corrected chi connectivity index (χ0v) is 17.1. The molecule has 10 heteroatoms. The lowest BCUT2D eigenvalue weighted by molar-refractivity contribution is -0.190. The summed E-state index contributed by atoms with van der Waals surface area (Å²) in [6, 6.07) is 11.0. The summed E-state index contributed by atoms with van der Waals surface area (Å²) in [5.41, 5.74) is -1.58. The first-order chi connectivity index (χ1) is 15.5. The number of urea groups is 1. The molecular weight excluding hydrogens is 444 g/mol. The quantitative estimate of drug-likeness (QED) is 0.503. The van der Waals surface area contributed by atoms with Crippen molar-refractivity contribution in [1.82, 2.24) is 10.6 Å². The fourth-order valence-electron chi connectivity index (χ4n) is 3.85. The Morgan fingerprint density at radius 2 is 1.67 bits per heavy atom. The maximum Gasteiger partial charge on any atom is 0.450 e. The van der Waals surface area contributed by atoms with Crippen molar-refractivity contribution in [2.75, 3.05) is 0 Å². The number of rotatable bonds is 4. The molecule has 3 atom stereocenters. The highest BCUT2D eigenvalue weighted by Gasteiger charge is 2.60. The van der Waals surface area contributed by atoms with Crippen LogP contribution in [0.3, 0.4) is 0 Å². The van der Waals surface area contributed by atoms with Crippen molar-refractivity contribution in [2.45, 2.75) is 24.9 Å². The van der Waals surface area contributed by atoms with Crippen LogP contribution in [-0.2, 0) is 10.5 Å². The number of halogens is 4. The molecule has 33 heavy (non-hydrogen) atoms. The topological polar surface area (TPSA) is 91.6 Å². The first-order valence-corrected chi connectivity index (χ1v) is 9.84. The minimum atomic E-state index is -5.31. The Kier molecular flexibility index (Phi) is 5.49. The van der Waals surface area contributed by atoms with Gasteiger partial charge in [-0.15, -0.1) is 0 Å². The molecule has 0 spiro atoms. The van der Waals surface area contributed by atoms with E-state index in [4.69, 9.17) is 4.42 Å². The van der Waals surface area contributed by atoms with Crippen molar-refractivity contribution in [3.63, 3.8) is 0 Å². The number of furan rings is 1. The van der Waals surface area contributed by atoms with Crippen LogP contribution in [0, 0.1) is 18.7 Å². The number of nitrogens with one attached hydrogen (secondary N) is 2. The highest BCUT2D eigenvalue weighted by Crippen LogP contribution is 2.43. The Morgan fingerprint density at radius 1 is 1.03 bits per heavy atom. The lowest BCUT2D eigenvalue weighted by Gasteiger charge is -2.44. The Morgan fingerprint density at radius 3 is 2.27 bits per heavy atom. The van der Waals surface area contributed by atoms with Gasteiger partial charge in [0.05, 0.1) is 0 Å². The third-order valence-electron chi connectivity index (χ3n) is 5.49. The number of hydrogen-bond acceptors (Lipinski definition) is 4. The van der Waals surface area contributed by atoms with Gasteiger partial charge in [0, 0.05) is 11.1 Å². The van der Waals surface area contributed by atoms with E-state index in [1.165, 1.54) is 60.7 Å². The molecule has 1 aliphatic rings. The number of hydrogen-bond donors (Lipinski definition) is 3. The molecule has 2 amide bonds. The van der Waals surface area contributed by atoms with Crippen LogP contribution in [0.15, 0.2) is 65.1 Å². The lowest BCUT2D eigenvalue weighted by atomic mass is 9.77. The second kappa shape index (κ2) is 8.04. The van der Waals surface area contributed by atoms with E-state index < -0.39 is 41.5 Å². The molecule has 0 bridgehead atoms. The molecule has 0 radical (unpaired) electrons. The molecule has 0 unspecified atom stereocenters. The van der Waals surface area contributed by atoms with Crippen LogP contribution >= 0.6 is 0 Å². The molecule has 1 aliphatic heterocycles. The van der Waals surface area contributed by atoms with Crippen molar-refractivity contribution in [1.29, 1.82) is 0 Å². The molecule has 0 saturated carbocycles. The fraction of sp³-hybridized carbons (Fsp3) is 0.217. The van der Waals surface area contributed by atoms with E-state index in [-0.39, 0.29) is 17.1 Å². The summed E-state index contributed by atoms with van der Waals surface area (Å²) in [7, 11) is 0. The maximum atomic E-state index is 13.6. The van der Waals surface area contributed by atoms with Crippen molar-refractivity contribution in [2.24, 2.45) is 5.92 Å². The smallest absolute Gasteiger partial charge is 0.450 e. The summed E-state index contributed by atoms with van der Waals surface area (Å²) in [6.45, 7) is 1.73. The SMILES string of the molecule is Cc1ccc([C@]2(O)NC(=O)N[C@@H](c3ccc(-c4ccc(F)cc4)o3)[C@@H]2C(=O)C(F)(F)F)cc1. The highest BCUT2D eigenvalue weighted by molar-refractivity contribution is 5.91. The molecule has 3 N–H and O–H groups in total. The summed E-state index contributed by atoms with van der Waals surface area (Å²) < 4.78 is 59.6. The molecule has 1 saturated heterocycles. The maximum absolute atomic E-state index is 13.6. The van der Waals surface area contributed by atoms with Crippen LogP contribution < -0.4 is 10.6 Å².